The van der Waals surface area contributed by atoms with Crippen molar-refractivity contribution < 1.29 is 5.11 Å². The van der Waals surface area contributed by atoms with E-state index in [9.17, 15) is 5.11 Å². The molecule has 0 aromatic heterocycles. The van der Waals surface area contributed by atoms with Crippen molar-refractivity contribution in [2.24, 2.45) is 0 Å². The molecule has 0 fully saturated rings. The van der Waals surface area contributed by atoms with Crippen molar-refractivity contribution in [1.29, 1.82) is 5.26 Å². The third kappa shape index (κ3) is 2.53. The second kappa shape index (κ2) is 4.01. The first-order valence-corrected chi connectivity index (χ1v) is 4.51. The van der Waals surface area contributed by atoms with E-state index in [1.54, 1.807) is 12.1 Å². The van der Waals surface area contributed by atoms with Gasteiger partial charge in [0.1, 0.15) is 11.8 Å². The van der Waals surface area contributed by atoms with E-state index in [0.717, 1.165) is 10.5 Å². The van der Waals surface area contributed by atoms with Gasteiger partial charge in [0, 0.05) is 4.90 Å². The lowest BCUT2D eigenvalue weighted by molar-refractivity contribution is 0.473. The average Bonchev–Trinajstić information content (AvgIpc) is 2.11. The Morgan fingerprint density at radius 3 is 2.92 bits per heavy atom. The van der Waals surface area contributed by atoms with Crippen molar-refractivity contribution in [3.63, 3.8) is 0 Å². The maximum Gasteiger partial charge on any atom is 0.116 e. The van der Waals surface area contributed by atoms with Gasteiger partial charge < -0.3 is 5.11 Å². The number of phenols is 1. The molecular formula is C10H9NOS. The number of benzene rings is 1. The molecule has 13 heavy (non-hydrogen) atoms. The number of aryl methyl sites for hydroxylation is 1. The molecule has 1 aromatic carbocycles. The van der Waals surface area contributed by atoms with Gasteiger partial charge in [-0.2, -0.15) is 5.26 Å². The van der Waals surface area contributed by atoms with Crippen molar-refractivity contribution in [2.75, 3.05) is 0 Å². The van der Waals surface area contributed by atoms with Crippen molar-refractivity contribution >= 4 is 11.8 Å². The van der Waals surface area contributed by atoms with Gasteiger partial charge in [-0.1, -0.05) is 24.4 Å². The monoisotopic (exact) mass is 191 g/mol. The summed E-state index contributed by atoms with van der Waals surface area (Å²) in [4.78, 5) is 1.29. The van der Waals surface area contributed by atoms with Crippen LogP contribution < -0.4 is 0 Å². The largest absolute Gasteiger partial charge is 0.508 e. The van der Waals surface area contributed by atoms with E-state index in [-0.39, 0.29) is 5.75 Å². The van der Waals surface area contributed by atoms with Crippen LogP contribution in [0.15, 0.2) is 34.6 Å². The van der Waals surface area contributed by atoms with Crippen LogP contribution in [0.25, 0.3) is 0 Å². The van der Waals surface area contributed by atoms with E-state index < -0.39 is 0 Å². The minimum Gasteiger partial charge on any atom is -0.508 e. The predicted octanol–water partition coefficient (Wildman–Crippen LogP) is 2.83. The van der Waals surface area contributed by atoms with Crippen molar-refractivity contribution in [1.82, 2.24) is 0 Å². The van der Waals surface area contributed by atoms with Crippen LogP contribution in [0.4, 0.5) is 0 Å². The minimum atomic E-state index is 0.207. The summed E-state index contributed by atoms with van der Waals surface area (Å²) in [6, 6.07) is 7.00. The van der Waals surface area contributed by atoms with Gasteiger partial charge in [0.25, 0.3) is 0 Å². The highest BCUT2D eigenvalue weighted by Gasteiger charge is 2.02. The summed E-state index contributed by atoms with van der Waals surface area (Å²) >= 11 is 1.27. The van der Waals surface area contributed by atoms with Gasteiger partial charge in [0.05, 0.1) is 4.91 Å². The highest BCUT2D eigenvalue weighted by Crippen LogP contribution is 2.30. The molecule has 2 nitrogen and oxygen atoms in total. The fourth-order valence-corrected chi connectivity index (χ4v) is 1.57. The Labute approximate surface area is 81.5 Å². The number of hydrogen-bond donors (Lipinski definition) is 1. The molecule has 0 saturated carbocycles. The van der Waals surface area contributed by atoms with Gasteiger partial charge in [-0.25, -0.2) is 0 Å². The first kappa shape index (κ1) is 9.69. The van der Waals surface area contributed by atoms with Crippen molar-refractivity contribution in [3.05, 3.63) is 35.2 Å². The second-order valence-electron chi connectivity index (χ2n) is 2.59. The zero-order chi connectivity index (χ0) is 9.84. The van der Waals surface area contributed by atoms with Gasteiger partial charge in [-0.3, -0.25) is 0 Å². The maximum atomic E-state index is 9.20. The number of nitrogens with zero attached hydrogens (tertiary/aromatic N) is 1. The molecule has 1 rings (SSSR count). The van der Waals surface area contributed by atoms with E-state index >= 15 is 0 Å². The highest BCUT2D eigenvalue weighted by molar-refractivity contribution is 8.03. The van der Waals surface area contributed by atoms with Gasteiger partial charge in [-0.15, -0.1) is 0 Å². The zero-order valence-corrected chi connectivity index (χ0v) is 8.06. The summed E-state index contributed by atoms with van der Waals surface area (Å²) in [7, 11) is 0. The minimum absolute atomic E-state index is 0.207. The van der Waals surface area contributed by atoms with Gasteiger partial charge in [0.2, 0.25) is 0 Å². The lowest BCUT2D eigenvalue weighted by atomic mass is 10.2. The average molecular weight is 191 g/mol. The summed E-state index contributed by atoms with van der Waals surface area (Å²) < 4.78 is 0. The zero-order valence-electron chi connectivity index (χ0n) is 7.24. The molecular weight excluding hydrogens is 182 g/mol. The molecule has 1 aromatic rings. The summed E-state index contributed by atoms with van der Waals surface area (Å²) in [5.41, 5.74) is 1.03. The fraction of sp³-hybridized carbons (Fsp3) is 0.100. The molecule has 1 N–H and O–H groups in total. The molecule has 0 bridgehead atoms. The molecule has 0 aliphatic heterocycles. The summed E-state index contributed by atoms with van der Waals surface area (Å²) in [5.74, 6) is 0.207. The number of hydrogen-bond acceptors (Lipinski definition) is 3. The summed E-state index contributed by atoms with van der Waals surface area (Å²) in [6.45, 7) is 5.48. The smallest absolute Gasteiger partial charge is 0.116 e. The first-order chi connectivity index (χ1) is 6.13. The molecule has 0 unspecified atom stereocenters. The number of nitriles is 1. The van der Waals surface area contributed by atoms with Crippen molar-refractivity contribution in [2.45, 2.75) is 11.8 Å². The number of allylic oxidation sites excluding steroid dienone is 1. The molecule has 0 amide bonds. The number of aromatic hydroxyl groups is 1. The molecule has 66 valence electrons. The summed E-state index contributed by atoms with van der Waals surface area (Å²) in [5, 5.41) is 17.7. The first-order valence-electron chi connectivity index (χ1n) is 3.70. The number of phenolic OH excluding ortho intramolecular Hbond substituents is 1. The van der Waals surface area contributed by atoms with E-state index in [4.69, 9.17) is 5.26 Å². The van der Waals surface area contributed by atoms with Crippen LogP contribution >= 0.6 is 11.8 Å². The fourth-order valence-electron chi connectivity index (χ4n) is 0.854. The van der Waals surface area contributed by atoms with Crippen LogP contribution in [-0.4, -0.2) is 5.11 Å². The van der Waals surface area contributed by atoms with Crippen LogP contribution in [-0.2, 0) is 0 Å². The Morgan fingerprint density at radius 1 is 1.62 bits per heavy atom. The standard InChI is InChI=1S/C10H9NOS/c1-7-3-4-9(12)5-10(7)13-8(2)6-11/h3-5,12H,2H2,1H3. The van der Waals surface area contributed by atoms with E-state index in [2.05, 4.69) is 6.58 Å². The Balaban J connectivity index is 2.95. The molecule has 3 heteroatoms. The topological polar surface area (TPSA) is 44.0 Å². The van der Waals surface area contributed by atoms with Gasteiger partial charge in [0.15, 0.2) is 0 Å². The predicted molar refractivity (Wildman–Crippen MR) is 53.5 cm³/mol. The third-order valence-electron chi connectivity index (χ3n) is 1.53. The maximum absolute atomic E-state index is 9.20. The number of rotatable bonds is 2. The summed E-state index contributed by atoms with van der Waals surface area (Å²) in [6.07, 6.45) is 0. The van der Waals surface area contributed by atoms with Crippen LogP contribution in [0.1, 0.15) is 5.56 Å². The van der Waals surface area contributed by atoms with Crippen LogP contribution in [0, 0.1) is 18.3 Å². The highest BCUT2D eigenvalue weighted by atomic mass is 32.2. The SMILES string of the molecule is C=C(C#N)Sc1cc(O)ccc1C. The third-order valence-corrected chi connectivity index (χ3v) is 2.53. The van der Waals surface area contributed by atoms with Gasteiger partial charge >= 0.3 is 0 Å². The number of thioether (sulfide) groups is 1. The normalized spacial score (nSPS) is 9.23. The molecule has 0 heterocycles. The lowest BCUT2D eigenvalue weighted by Crippen LogP contribution is -1.78. The van der Waals surface area contributed by atoms with E-state index in [1.165, 1.54) is 11.8 Å². The molecule has 0 radical (unpaired) electrons. The van der Waals surface area contributed by atoms with Crippen LogP contribution in [0.3, 0.4) is 0 Å². The molecule has 0 saturated heterocycles. The molecule has 0 spiro atoms. The Morgan fingerprint density at radius 2 is 2.31 bits per heavy atom. The Hall–Kier alpha value is -1.40. The van der Waals surface area contributed by atoms with E-state index in [1.807, 2.05) is 19.1 Å². The Kier molecular flexibility index (Phi) is 2.99. The van der Waals surface area contributed by atoms with Crippen LogP contribution in [0.5, 0.6) is 5.75 Å². The van der Waals surface area contributed by atoms with Crippen molar-refractivity contribution in [3.8, 4) is 11.8 Å². The lowest BCUT2D eigenvalue weighted by Gasteiger charge is -2.03. The van der Waals surface area contributed by atoms with E-state index in [0.29, 0.717) is 4.91 Å². The molecule has 0 atom stereocenters. The quantitative estimate of drug-likeness (QED) is 0.577. The molecule has 0 aliphatic carbocycles. The second-order valence-corrected chi connectivity index (χ2v) is 3.72. The van der Waals surface area contributed by atoms with Gasteiger partial charge in [-0.05, 0) is 24.6 Å². The molecule has 0 aliphatic rings. The Bertz CT molecular complexity index is 379. The van der Waals surface area contributed by atoms with Crippen LogP contribution in [0.2, 0.25) is 0 Å².